The number of halogens is 2. The van der Waals surface area contributed by atoms with Crippen molar-refractivity contribution in [3.05, 3.63) is 59.4 Å². The number of nitrogens with zero attached hydrogens (tertiary/aromatic N) is 2. The Balaban J connectivity index is 1.49. The second kappa shape index (κ2) is 7.53. The van der Waals surface area contributed by atoms with Crippen LogP contribution in [0.4, 0.5) is 15.8 Å². The van der Waals surface area contributed by atoms with Gasteiger partial charge in [0.2, 0.25) is 5.91 Å². The van der Waals surface area contributed by atoms with Gasteiger partial charge in [-0.15, -0.1) is 0 Å². The molecule has 0 bridgehead atoms. The van der Waals surface area contributed by atoms with Gasteiger partial charge in [-0.2, -0.15) is 0 Å². The number of amides is 1. The van der Waals surface area contributed by atoms with E-state index < -0.39 is 0 Å². The first-order valence-corrected chi connectivity index (χ1v) is 8.27. The molecule has 6 heteroatoms. The number of anilines is 2. The number of carbonyl (C=O) groups excluding carboxylic acids is 1. The maximum absolute atomic E-state index is 12.9. The van der Waals surface area contributed by atoms with Gasteiger partial charge in [-0.3, -0.25) is 4.79 Å². The first-order chi connectivity index (χ1) is 11.6. The van der Waals surface area contributed by atoms with Crippen LogP contribution in [0.3, 0.4) is 0 Å². The van der Waals surface area contributed by atoms with Gasteiger partial charge < -0.3 is 15.1 Å². The molecule has 24 heavy (non-hydrogen) atoms. The molecule has 0 atom stereocenters. The highest BCUT2D eigenvalue weighted by Gasteiger charge is 2.21. The lowest BCUT2D eigenvalue weighted by molar-refractivity contribution is -0.129. The highest BCUT2D eigenvalue weighted by Crippen LogP contribution is 2.20. The van der Waals surface area contributed by atoms with Crippen LogP contribution in [0.25, 0.3) is 0 Å². The minimum atomic E-state index is -0.288. The SMILES string of the molecule is O=C(CNc1ccc(F)cc1)N1CCN(c2cccc(Cl)c2)CC1. The maximum atomic E-state index is 12.9. The van der Waals surface area contributed by atoms with E-state index in [1.165, 1.54) is 12.1 Å². The van der Waals surface area contributed by atoms with Crippen molar-refractivity contribution in [1.29, 1.82) is 0 Å². The van der Waals surface area contributed by atoms with Crippen LogP contribution in [0.2, 0.25) is 5.02 Å². The van der Waals surface area contributed by atoms with Crippen LogP contribution >= 0.6 is 11.6 Å². The van der Waals surface area contributed by atoms with Gasteiger partial charge in [0, 0.05) is 42.6 Å². The molecular weight excluding hydrogens is 329 g/mol. The lowest BCUT2D eigenvalue weighted by atomic mass is 10.2. The van der Waals surface area contributed by atoms with Crippen LogP contribution in [-0.2, 0) is 4.79 Å². The topological polar surface area (TPSA) is 35.6 Å². The smallest absolute Gasteiger partial charge is 0.241 e. The van der Waals surface area contributed by atoms with Crippen LogP contribution in [0.5, 0.6) is 0 Å². The van der Waals surface area contributed by atoms with Gasteiger partial charge in [-0.1, -0.05) is 17.7 Å². The number of nitrogens with one attached hydrogen (secondary N) is 1. The number of piperazine rings is 1. The van der Waals surface area contributed by atoms with Gasteiger partial charge in [-0.05, 0) is 42.5 Å². The Hall–Kier alpha value is -2.27. The molecule has 0 unspecified atom stereocenters. The summed E-state index contributed by atoms with van der Waals surface area (Å²) in [6.45, 7) is 3.13. The van der Waals surface area contributed by atoms with E-state index in [2.05, 4.69) is 10.2 Å². The number of benzene rings is 2. The molecule has 0 aromatic heterocycles. The predicted molar refractivity (Wildman–Crippen MR) is 95.1 cm³/mol. The normalized spacial score (nSPS) is 14.6. The highest BCUT2D eigenvalue weighted by molar-refractivity contribution is 6.30. The molecule has 3 rings (SSSR count). The van der Waals surface area contributed by atoms with E-state index in [1.807, 2.05) is 29.2 Å². The van der Waals surface area contributed by atoms with Gasteiger partial charge >= 0.3 is 0 Å². The van der Waals surface area contributed by atoms with Crippen molar-refractivity contribution in [2.24, 2.45) is 0 Å². The van der Waals surface area contributed by atoms with E-state index in [-0.39, 0.29) is 18.3 Å². The molecular formula is C18H19ClFN3O. The zero-order valence-electron chi connectivity index (χ0n) is 13.2. The molecule has 1 aliphatic heterocycles. The van der Waals surface area contributed by atoms with E-state index in [0.717, 1.165) is 29.5 Å². The third kappa shape index (κ3) is 4.17. The average molecular weight is 348 g/mol. The lowest BCUT2D eigenvalue weighted by Gasteiger charge is -2.36. The molecule has 2 aromatic carbocycles. The Kier molecular flexibility index (Phi) is 5.20. The molecule has 1 heterocycles. The van der Waals surface area contributed by atoms with Crippen molar-refractivity contribution >= 4 is 28.9 Å². The van der Waals surface area contributed by atoms with Gasteiger partial charge in [-0.25, -0.2) is 4.39 Å². The zero-order chi connectivity index (χ0) is 16.9. The molecule has 4 nitrogen and oxygen atoms in total. The van der Waals surface area contributed by atoms with Crippen molar-refractivity contribution in [3.63, 3.8) is 0 Å². The molecule has 0 aliphatic carbocycles. The number of rotatable bonds is 4. The van der Waals surface area contributed by atoms with Gasteiger partial charge in [0.15, 0.2) is 0 Å². The Morgan fingerprint density at radius 1 is 1.08 bits per heavy atom. The Labute approximate surface area is 145 Å². The standard InChI is InChI=1S/C18H19ClFN3O/c19-14-2-1-3-17(12-14)22-8-10-23(11-9-22)18(24)13-21-16-6-4-15(20)5-7-16/h1-7,12,21H,8-11,13H2. The van der Waals surface area contributed by atoms with Gasteiger partial charge in [0.25, 0.3) is 0 Å². The number of hydrogen-bond donors (Lipinski definition) is 1. The monoisotopic (exact) mass is 347 g/mol. The second-order valence-electron chi connectivity index (χ2n) is 5.71. The Morgan fingerprint density at radius 3 is 2.46 bits per heavy atom. The average Bonchev–Trinajstić information content (AvgIpc) is 2.61. The fourth-order valence-electron chi connectivity index (χ4n) is 2.74. The van der Waals surface area contributed by atoms with E-state index in [0.29, 0.717) is 13.1 Å². The van der Waals surface area contributed by atoms with E-state index >= 15 is 0 Å². The molecule has 0 radical (unpaired) electrons. The third-order valence-corrected chi connectivity index (χ3v) is 4.33. The minimum absolute atomic E-state index is 0.0464. The molecule has 1 amide bonds. The molecule has 1 saturated heterocycles. The summed E-state index contributed by atoms with van der Waals surface area (Å²) in [7, 11) is 0. The van der Waals surface area contributed by atoms with Crippen molar-refractivity contribution in [2.75, 3.05) is 42.9 Å². The molecule has 0 spiro atoms. The third-order valence-electron chi connectivity index (χ3n) is 4.09. The quantitative estimate of drug-likeness (QED) is 0.922. The summed E-state index contributed by atoms with van der Waals surface area (Å²) >= 11 is 6.03. The van der Waals surface area contributed by atoms with Gasteiger partial charge in [0.1, 0.15) is 5.82 Å². The van der Waals surface area contributed by atoms with E-state index in [9.17, 15) is 9.18 Å². The minimum Gasteiger partial charge on any atom is -0.376 e. The van der Waals surface area contributed by atoms with Crippen LogP contribution in [-0.4, -0.2) is 43.5 Å². The summed E-state index contributed by atoms with van der Waals surface area (Å²) in [6.07, 6.45) is 0. The van der Waals surface area contributed by atoms with Gasteiger partial charge in [0.05, 0.1) is 6.54 Å². The van der Waals surface area contributed by atoms with E-state index in [1.54, 1.807) is 12.1 Å². The second-order valence-corrected chi connectivity index (χ2v) is 6.14. The fourth-order valence-corrected chi connectivity index (χ4v) is 2.93. The molecule has 1 aliphatic rings. The molecule has 126 valence electrons. The Bertz CT molecular complexity index is 700. The van der Waals surface area contributed by atoms with Crippen molar-refractivity contribution in [3.8, 4) is 0 Å². The lowest BCUT2D eigenvalue weighted by Crippen LogP contribution is -2.50. The maximum Gasteiger partial charge on any atom is 0.241 e. The van der Waals surface area contributed by atoms with Crippen LogP contribution < -0.4 is 10.2 Å². The molecule has 1 fully saturated rings. The fraction of sp³-hybridized carbons (Fsp3) is 0.278. The van der Waals surface area contributed by atoms with Crippen LogP contribution in [0, 0.1) is 5.82 Å². The summed E-state index contributed by atoms with van der Waals surface area (Å²) in [5, 5.41) is 3.75. The number of hydrogen-bond acceptors (Lipinski definition) is 3. The summed E-state index contributed by atoms with van der Waals surface area (Å²) < 4.78 is 12.9. The molecule has 0 saturated carbocycles. The first-order valence-electron chi connectivity index (χ1n) is 7.89. The Morgan fingerprint density at radius 2 is 1.79 bits per heavy atom. The first kappa shape index (κ1) is 16.6. The van der Waals surface area contributed by atoms with Crippen LogP contribution in [0.15, 0.2) is 48.5 Å². The number of carbonyl (C=O) groups is 1. The summed E-state index contributed by atoms with van der Waals surface area (Å²) in [6, 6.07) is 13.7. The van der Waals surface area contributed by atoms with Crippen molar-refractivity contribution in [1.82, 2.24) is 4.90 Å². The summed E-state index contributed by atoms with van der Waals surface area (Å²) in [5.41, 5.74) is 1.82. The largest absolute Gasteiger partial charge is 0.376 e. The predicted octanol–water partition coefficient (Wildman–Crippen LogP) is 3.24. The highest BCUT2D eigenvalue weighted by atomic mass is 35.5. The summed E-state index contributed by atoms with van der Waals surface area (Å²) in [5.74, 6) is -0.242. The van der Waals surface area contributed by atoms with Crippen LogP contribution in [0.1, 0.15) is 0 Å². The summed E-state index contributed by atoms with van der Waals surface area (Å²) in [4.78, 5) is 16.4. The van der Waals surface area contributed by atoms with Crippen molar-refractivity contribution < 1.29 is 9.18 Å². The molecule has 2 aromatic rings. The van der Waals surface area contributed by atoms with E-state index in [4.69, 9.17) is 11.6 Å². The molecule has 1 N–H and O–H groups in total. The zero-order valence-corrected chi connectivity index (χ0v) is 14.0. The van der Waals surface area contributed by atoms with Crippen molar-refractivity contribution in [2.45, 2.75) is 0 Å².